The zero-order chi connectivity index (χ0) is 7.82. The van der Waals surface area contributed by atoms with Crippen LogP contribution >= 0.6 is 0 Å². The standard InChI is InChI=1S/C8H17FO/c1-2-8(10)6-4-3-5-7-9/h8,10H,2-7H2,1H3/t8-/m1/s1. The molecule has 1 nitrogen and oxygen atoms in total. The van der Waals surface area contributed by atoms with Gasteiger partial charge in [-0.1, -0.05) is 19.8 Å². The van der Waals surface area contributed by atoms with E-state index in [1.165, 1.54) is 0 Å². The molecule has 0 heterocycles. The third-order valence-corrected chi connectivity index (χ3v) is 1.64. The van der Waals surface area contributed by atoms with Crippen LogP contribution in [0.4, 0.5) is 4.39 Å². The second kappa shape index (κ2) is 7.00. The molecule has 0 saturated heterocycles. The number of hydrogen-bond acceptors (Lipinski definition) is 1. The average molecular weight is 148 g/mol. The van der Waals surface area contributed by atoms with E-state index in [0.29, 0.717) is 6.42 Å². The van der Waals surface area contributed by atoms with Gasteiger partial charge in [-0.15, -0.1) is 0 Å². The van der Waals surface area contributed by atoms with Crippen LogP contribution in [-0.2, 0) is 0 Å². The first-order chi connectivity index (χ1) is 4.81. The Hall–Kier alpha value is -0.110. The summed E-state index contributed by atoms with van der Waals surface area (Å²) in [5, 5.41) is 9.06. The lowest BCUT2D eigenvalue weighted by Crippen LogP contribution is -2.03. The molecule has 0 rings (SSSR count). The summed E-state index contributed by atoms with van der Waals surface area (Å²) in [5.41, 5.74) is 0. The van der Waals surface area contributed by atoms with Crippen LogP contribution in [0.15, 0.2) is 0 Å². The Morgan fingerprint density at radius 2 is 2.00 bits per heavy atom. The van der Waals surface area contributed by atoms with E-state index < -0.39 is 0 Å². The molecular weight excluding hydrogens is 131 g/mol. The molecule has 0 fully saturated rings. The maximum atomic E-state index is 11.5. The SMILES string of the molecule is CC[C@@H](O)CCCCCF. The topological polar surface area (TPSA) is 20.2 Å². The Balaban J connectivity index is 2.89. The summed E-state index contributed by atoms with van der Waals surface area (Å²) in [6.45, 7) is 1.74. The Labute approximate surface area is 62.3 Å². The van der Waals surface area contributed by atoms with Crippen LogP contribution in [0.2, 0.25) is 0 Å². The van der Waals surface area contributed by atoms with Crippen molar-refractivity contribution >= 4 is 0 Å². The lowest BCUT2D eigenvalue weighted by Gasteiger charge is -2.05. The third kappa shape index (κ3) is 6.02. The van der Waals surface area contributed by atoms with E-state index >= 15 is 0 Å². The van der Waals surface area contributed by atoms with Crippen molar-refractivity contribution in [3.63, 3.8) is 0 Å². The Kier molecular flexibility index (Phi) is 6.93. The summed E-state index contributed by atoms with van der Waals surface area (Å²) >= 11 is 0. The molecule has 1 N–H and O–H groups in total. The van der Waals surface area contributed by atoms with Crippen LogP contribution in [0.5, 0.6) is 0 Å². The molecule has 0 aromatic rings. The monoisotopic (exact) mass is 148 g/mol. The van der Waals surface area contributed by atoms with Gasteiger partial charge in [-0.2, -0.15) is 0 Å². The summed E-state index contributed by atoms with van der Waals surface area (Å²) < 4.78 is 11.5. The van der Waals surface area contributed by atoms with Crippen molar-refractivity contribution in [2.24, 2.45) is 0 Å². The molecule has 0 radical (unpaired) electrons. The van der Waals surface area contributed by atoms with E-state index in [1.807, 2.05) is 6.92 Å². The molecule has 0 aromatic carbocycles. The summed E-state index contributed by atoms with van der Waals surface area (Å²) in [4.78, 5) is 0. The van der Waals surface area contributed by atoms with Gasteiger partial charge in [0.25, 0.3) is 0 Å². The van der Waals surface area contributed by atoms with E-state index in [2.05, 4.69) is 0 Å². The van der Waals surface area contributed by atoms with Crippen molar-refractivity contribution in [1.82, 2.24) is 0 Å². The highest BCUT2D eigenvalue weighted by molar-refractivity contribution is 4.52. The second-order valence-corrected chi connectivity index (χ2v) is 2.60. The first-order valence-electron chi connectivity index (χ1n) is 4.05. The molecule has 0 amide bonds. The van der Waals surface area contributed by atoms with Gasteiger partial charge in [0.1, 0.15) is 0 Å². The van der Waals surface area contributed by atoms with E-state index in [1.54, 1.807) is 0 Å². The molecule has 0 aliphatic carbocycles. The fourth-order valence-electron chi connectivity index (χ4n) is 0.855. The summed E-state index contributed by atoms with van der Waals surface area (Å²) in [7, 11) is 0. The number of alkyl halides is 1. The highest BCUT2D eigenvalue weighted by Gasteiger charge is 1.98. The Morgan fingerprint density at radius 1 is 1.30 bits per heavy atom. The predicted molar refractivity (Wildman–Crippen MR) is 40.7 cm³/mol. The molecule has 1 atom stereocenters. The molecule has 0 bridgehead atoms. The van der Waals surface area contributed by atoms with Gasteiger partial charge in [0, 0.05) is 0 Å². The molecule has 62 valence electrons. The number of aliphatic hydroxyl groups excluding tert-OH is 1. The maximum Gasteiger partial charge on any atom is 0.0894 e. The van der Waals surface area contributed by atoms with Crippen molar-refractivity contribution in [2.75, 3.05) is 6.67 Å². The minimum Gasteiger partial charge on any atom is -0.393 e. The summed E-state index contributed by atoms with van der Waals surface area (Å²) in [6, 6.07) is 0. The van der Waals surface area contributed by atoms with Crippen LogP contribution in [0.3, 0.4) is 0 Å². The van der Waals surface area contributed by atoms with Gasteiger partial charge in [0.05, 0.1) is 12.8 Å². The normalized spacial score (nSPS) is 13.5. The first-order valence-corrected chi connectivity index (χ1v) is 4.05. The van der Waals surface area contributed by atoms with Gasteiger partial charge < -0.3 is 5.11 Å². The molecule has 0 aromatic heterocycles. The first kappa shape index (κ1) is 9.89. The molecule has 0 aliphatic rings. The maximum absolute atomic E-state index is 11.5. The van der Waals surface area contributed by atoms with Crippen molar-refractivity contribution in [3.8, 4) is 0 Å². The zero-order valence-electron chi connectivity index (χ0n) is 6.65. The minimum absolute atomic E-state index is 0.167. The fraction of sp³-hybridized carbons (Fsp3) is 1.00. The van der Waals surface area contributed by atoms with Crippen LogP contribution in [0, 0.1) is 0 Å². The molecular formula is C8H17FO. The quantitative estimate of drug-likeness (QED) is 0.573. The smallest absolute Gasteiger partial charge is 0.0894 e. The minimum atomic E-state index is -0.220. The zero-order valence-corrected chi connectivity index (χ0v) is 6.65. The van der Waals surface area contributed by atoms with Gasteiger partial charge in [0.15, 0.2) is 0 Å². The van der Waals surface area contributed by atoms with Crippen LogP contribution in [-0.4, -0.2) is 17.9 Å². The number of halogens is 1. The molecule has 0 saturated carbocycles. The average Bonchev–Trinajstić information content (AvgIpc) is 1.98. The van der Waals surface area contributed by atoms with Crippen molar-refractivity contribution in [3.05, 3.63) is 0 Å². The van der Waals surface area contributed by atoms with Crippen LogP contribution in [0.25, 0.3) is 0 Å². The number of aliphatic hydroxyl groups is 1. The van der Waals surface area contributed by atoms with E-state index in [9.17, 15) is 4.39 Å². The van der Waals surface area contributed by atoms with Gasteiger partial charge in [-0.05, 0) is 19.3 Å². The van der Waals surface area contributed by atoms with E-state index in [0.717, 1.165) is 25.7 Å². The van der Waals surface area contributed by atoms with Crippen molar-refractivity contribution < 1.29 is 9.50 Å². The lowest BCUT2D eigenvalue weighted by atomic mass is 10.1. The van der Waals surface area contributed by atoms with Gasteiger partial charge >= 0.3 is 0 Å². The number of hydrogen-bond donors (Lipinski definition) is 1. The number of unbranched alkanes of at least 4 members (excludes halogenated alkanes) is 2. The Morgan fingerprint density at radius 3 is 2.50 bits per heavy atom. The molecule has 0 unspecified atom stereocenters. The van der Waals surface area contributed by atoms with Crippen LogP contribution < -0.4 is 0 Å². The molecule has 2 heteroatoms. The second-order valence-electron chi connectivity index (χ2n) is 2.60. The largest absolute Gasteiger partial charge is 0.393 e. The van der Waals surface area contributed by atoms with Gasteiger partial charge in [-0.25, -0.2) is 0 Å². The van der Waals surface area contributed by atoms with E-state index in [-0.39, 0.29) is 12.8 Å². The van der Waals surface area contributed by atoms with E-state index in [4.69, 9.17) is 5.11 Å². The molecule has 0 spiro atoms. The summed E-state index contributed by atoms with van der Waals surface area (Å²) in [5.74, 6) is 0. The van der Waals surface area contributed by atoms with Crippen molar-refractivity contribution in [2.45, 2.75) is 45.1 Å². The van der Waals surface area contributed by atoms with Crippen molar-refractivity contribution in [1.29, 1.82) is 0 Å². The lowest BCUT2D eigenvalue weighted by molar-refractivity contribution is 0.156. The predicted octanol–water partition coefficient (Wildman–Crippen LogP) is 2.29. The highest BCUT2D eigenvalue weighted by atomic mass is 19.1. The van der Waals surface area contributed by atoms with Gasteiger partial charge in [0.2, 0.25) is 0 Å². The highest BCUT2D eigenvalue weighted by Crippen LogP contribution is 2.05. The third-order valence-electron chi connectivity index (χ3n) is 1.64. The Bertz CT molecular complexity index is 66.3. The molecule has 10 heavy (non-hydrogen) atoms. The van der Waals surface area contributed by atoms with Crippen LogP contribution in [0.1, 0.15) is 39.0 Å². The fourth-order valence-corrected chi connectivity index (χ4v) is 0.855. The molecule has 0 aliphatic heterocycles. The summed E-state index contributed by atoms with van der Waals surface area (Å²) in [6.07, 6.45) is 3.99. The van der Waals surface area contributed by atoms with Gasteiger partial charge in [-0.3, -0.25) is 4.39 Å². The number of rotatable bonds is 6.